The average Bonchev–Trinajstić information content (AvgIpc) is 2.46. The molecule has 0 aromatic carbocycles. The summed E-state index contributed by atoms with van der Waals surface area (Å²) in [6.45, 7) is 12.8. The average molecular weight is 144 g/mol. The van der Waals surface area contributed by atoms with E-state index >= 15 is 0 Å². The van der Waals surface area contributed by atoms with Gasteiger partial charge in [0.2, 0.25) is 0 Å². The van der Waals surface area contributed by atoms with Crippen LogP contribution >= 0.6 is 0 Å². The fraction of sp³-hybridized carbons (Fsp3) is 1.00. The quantitative estimate of drug-likeness (QED) is 0.477. The van der Waals surface area contributed by atoms with E-state index in [-0.39, 0.29) is 0 Å². The molecule has 0 nitrogen and oxygen atoms in total. The van der Waals surface area contributed by atoms with Gasteiger partial charge in [0, 0.05) is 0 Å². The fourth-order valence-corrected chi connectivity index (χ4v) is 0. The van der Waals surface area contributed by atoms with Crippen LogP contribution in [-0.2, 0) is 0 Å². The van der Waals surface area contributed by atoms with E-state index in [1.54, 1.807) is 0 Å². The van der Waals surface area contributed by atoms with Gasteiger partial charge >= 0.3 is 0 Å². The molecule has 1 fully saturated rings. The summed E-state index contributed by atoms with van der Waals surface area (Å²) in [5.74, 6) is 0. The first-order valence-corrected chi connectivity index (χ1v) is 4.50. The SMILES string of the molecule is C1CC1.CC.CC(C)(C)C. The van der Waals surface area contributed by atoms with E-state index in [0.29, 0.717) is 5.41 Å². The second-order valence-electron chi connectivity index (χ2n) is 4.06. The Morgan fingerprint density at radius 2 is 0.800 bits per heavy atom. The molecular weight excluding hydrogens is 120 g/mol. The Morgan fingerprint density at radius 3 is 0.800 bits per heavy atom. The molecular formula is C10H24. The van der Waals surface area contributed by atoms with Crippen LogP contribution in [0.2, 0.25) is 0 Å². The Bertz CT molecular complexity index is 36.8. The molecule has 0 heterocycles. The van der Waals surface area contributed by atoms with Gasteiger partial charge in [0.15, 0.2) is 0 Å². The molecule has 0 saturated heterocycles. The lowest BCUT2D eigenvalue weighted by Gasteiger charge is -2.05. The molecule has 1 aliphatic carbocycles. The molecule has 64 valence electrons. The van der Waals surface area contributed by atoms with Crippen molar-refractivity contribution in [1.82, 2.24) is 0 Å². The highest BCUT2D eigenvalue weighted by Crippen LogP contribution is 2.14. The molecule has 0 aliphatic heterocycles. The minimum absolute atomic E-state index is 0.500. The second-order valence-corrected chi connectivity index (χ2v) is 4.06. The van der Waals surface area contributed by atoms with Gasteiger partial charge in [0.05, 0.1) is 0 Å². The van der Waals surface area contributed by atoms with Crippen molar-refractivity contribution in [1.29, 1.82) is 0 Å². The van der Waals surface area contributed by atoms with Crippen LogP contribution in [0.4, 0.5) is 0 Å². The van der Waals surface area contributed by atoms with Crippen molar-refractivity contribution < 1.29 is 0 Å². The molecule has 0 radical (unpaired) electrons. The molecule has 0 N–H and O–H groups in total. The van der Waals surface area contributed by atoms with E-state index in [1.165, 1.54) is 19.3 Å². The highest BCUT2D eigenvalue weighted by atomic mass is 14.0. The highest BCUT2D eigenvalue weighted by molar-refractivity contribution is 4.50. The van der Waals surface area contributed by atoms with Crippen molar-refractivity contribution in [3.63, 3.8) is 0 Å². The first-order chi connectivity index (χ1) is 4.50. The van der Waals surface area contributed by atoms with Crippen LogP contribution in [0.3, 0.4) is 0 Å². The normalized spacial score (nSPS) is 13.8. The molecule has 1 rings (SSSR count). The standard InChI is InChI=1S/C5H12.C3H6.C2H6/c1-5(2,3)4;1-2-3-1;1-2/h1-4H3;1-3H2;1-2H3. The molecule has 1 aliphatic rings. The summed E-state index contributed by atoms with van der Waals surface area (Å²) >= 11 is 0. The third-order valence-electron chi connectivity index (χ3n) is 0.354. The van der Waals surface area contributed by atoms with Crippen LogP contribution in [0, 0.1) is 5.41 Å². The zero-order valence-electron chi connectivity index (χ0n) is 8.62. The number of hydrogen-bond acceptors (Lipinski definition) is 0. The molecule has 10 heavy (non-hydrogen) atoms. The Morgan fingerprint density at radius 1 is 0.700 bits per heavy atom. The molecule has 0 spiro atoms. The maximum atomic E-state index is 2.19. The second kappa shape index (κ2) is 7.11. The van der Waals surface area contributed by atoms with Crippen LogP contribution in [-0.4, -0.2) is 0 Å². The van der Waals surface area contributed by atoms with Crippen molar-refractivity contribution in [2.45, 2.75) is 60.8 Å². The minimum atomic E-state index is 0.500. The highest BCUT2D eigenvalue weighted by Gasteiger charge is 1.95. The lowest BCUT2D eigenvalue weighted by atomic mass is 10.0. The van der Waals surface area contributed by atoms with Crippen LogP contribution in [0.25, 0.3) is 0 Å². The molecule has 0 unspecified atom stereocenters. The van der Waals surface area contributed by atoms with Gasteiger partial charge in [-0.3, -0.25) is 0 Å². The first-order valence-electron chi connectivity index (χ1n) is 4.50. The van der Waals surface area contributed by atoms with Gasteiger partial charge in [0.1, 0.15) is 0 Å². The predicted molar refractivity (Wildman–Crippen MR) is 50.3 cm³/mol. The monoisotopic (exact) mass is 144 g/mol. The number of hydrogen-bond donors (Lipinski definition) is 0. The molecule has 0 amide bonds. The molecule has 0 bridgehead atoms. The zero-order valence-corrected chi connectivity index (χ0v) is 8.62. The van der Waals surface area contributed by atoms with Crippen LogP contribution in [0.1, 0.15) is 60.8 Å². The summed E-state index contributed by atoms with van der Waals surface area (Å²) in [6.07, 6.45) is 4.50. The largest absolute Gasteiger partial charge is 0.0683 e. The topological polar surface area (TPSA) is 0 Å². The molecule has 0 aromatic rings. The smallest absolute Gasteiger partial charge is 0.0411 e. The summed E-state index contributed by atoms with van der Waals surface area (Å²) in [4.78, 5) is 0. The van der Waals surface area contributed by atoms with E-state index in [2.05, 4.69) is 27.7 Å². The van der Waals surface area contributed by atoms with Crippen LogP contribution in [0.5, 0.6) is 0 Å². The van der Waals surface area contributed by atoms with Gasteiger partial charge in [-0.2, -0.15) is 0 Å². The lowest BCUT2D eigenvalue weighted by Crippen LogP contribution is -1.93. The summed E-state index contributed by atoms with van der Waals surface area (Å²) in [6, 6.07) is 0. The van der Waals surface area contributed by atoms with E-state index < -0.39 is 0 Å². The zero-order chi connectivity index (χ0) is 8.62. The van der Waals surface area contributed by atoms with E-state index in [0.717, 1.165) is 0 Å². The summed E-state index contributed by atoms with van der Waals surface area (Å²) < 4.78 is 0. The lowest BCUT2D eigenvalue weighted by molar-refractivity contribution is 0.469. The maximum absolute atomic E-state index is 2.19. The van der Waals surface area contributed by atoms with Crippen molar-refractivity contribution in [3.8, 4) is 0 Å². The number of rotatable bonds is 0. The van der Waals surface area contributed by atoms with Crippen molar-refractivity contribution in [3.05, 3.63) is 0 Å². The summed E-state index contributed by atoms with van der Waals surface area (Å²) in [7, 11) is 0. The Balaban J connectivity index is 0. The van der Waals surface area contributed by atoms with Crippen molar-refractivity contribution >= 4 is 0 Å². The fourth-order valence-electron chi connectivity index (χ4n) is 0. The van der Waals surface area contributed by atoms with Crippen LogP contribution in [0.15, 0.2) is 0 Å². The molecule has 0 heteroatoms. The van der Waals surface area contributed by atoms with E-state index in [4.69, 9.17) is 0 Å². The summed E-state index contributed by atoms with van der Waals surface area (Å²) in [5, 5.41) is 0. The van der Waals surface area contributed by atoms with Crippen molar-refractivity contribution in [2.75, 3.05) is 0 Å². The Hall–Kier alpha value is 0. The predicted octanol–water partition coefficient (Wildman–Crippen LogP) is 4.25. The van der Waals surface area contributed by atoms with Gasteiger partial charge in [-0.25, -0.2) is 0 Å². The summed E-state index contributed by atoms with van der Waals surface area (Å²) in [5.41, 5.74) is 0.500. The molecule has 1 saturated carbocycles. The van der Waals surface area contributed by atoms with E-state index in [1.807, 2.05) is 13.8 Å². The van der Waals surface area contributed by atoms with Gasteiger partial charge in [0.25, 0.3) is 0 Å². The third kappa shape index (κ3) is 392. The Kier molecular flexibility index (Phi) is 9.00. The third-order valence-corrected chi connectivity index (χ3v) is 0.354. The van der Waals surface area contributed by atoms with Gasteiger partial charge in [-0.1, -0.05) is 60.8 Å². The molecule has 0 atom stereocenters. The van der Waals surface area contributed by atoms with Gasteiger partial charge in [-0.05, 0) is 5.41 Å². The van der Waals surface area contributed by atoms with Gasteiger partial charge in [-0.15, -0.1) is 0 Å². The van der Waals surface area contributed by atoms with Crippen molar-refractivity contribution in [2.24, 2.45) is 5.41 Å². The van der Waals surface area contributed by atoms with Gasteiger partial charge < -0.3 is 0 Å². The molecule has 0 aromatic heterocycles. The minimum Gasteiger partial charge on any atom is -0.0683 e. The first kappa shape index (κ1) is 12.7. The maximum Gasteiger partial charge on any atom is -0.0411 e. The van der Waals surface area contributed by atoms with E-state index in [9.17, 15) is 0 Å². The Labute approximate surface area is 67.0 Å². The van der Waals surface area contributed by atoms with Crippen LogP contribution < -0.4 is 0 Å².